The molecule has 2 atom stereocenters. The molecule has 2 heterocycles. The van der Waals surface area contributed by atoms with Crippen molar-refractivity contribution in [1.29, 1.82) is 5.41 Å². The Hall–Kier alpha value is -2.44. The summed E-state index contributed by atoms with van der Waals surface area (Å²) < 4.78 is 10.8. The number of likely N-dealkylation sites (tertiary alicyclic amines) is 1. The summed E-state index contributed by atoms with van der Waals surface area (Å²) in [5.41, 5.74) is 3.62. The van der Waals surface area contributed by atoms with Gasteiger partial charge in [0.2, 0.25) is 0 Å². The fourth-order valence-corrected chi connectivity index (χ4v) is 4.81. The molecule has 1 saturated heterocycles. The molecule has 2 fully saturated rings. The van der Waals surface area contributed by atoms with Gasteiger partial charge in [-0.25, -0.2) is 0 Å². The van der Waals surface area contributed by atoms with Crippen molar-refractivity contribution in [3.05, 3.63) is 53.9 Å². The normalized spacial score (nSPS) is 22.6. The smallest absolute Gasteiger partial charge is 0.161 e. The molecule has 4 rings (SSSR count). The predicted molar refractivity (Wildman–Crippen MR) is 128 cm³/mol. The third kappa shape index (κ3) is 5.43. The highest BCUT2D eigenvalue weighted by Crippen LogP contribution is 2.49. The van der Waals surface area contributed by atoms with Crippen molar-refractivity contribution in [3.63, 3.8) is 0 Å². The number of aromatic nitrogens is 1. The second-order valence-electron chi connectivity index (χ2n) is 8.17. The lowest BCUT2D eigenvalue weighted by atomic mass is 9.65. The molecule has 0 spiro atoms. The van der Waals surface area contributed by atoms with Gasteiger partial charge >= 0.3 is 0 Å². The number of nitrogens with one attached hydrogen (secondary N) is 2. The highest BCUT2D eigenvalue weighted by molar-refractivity contribution is 5.83. The van der Waals surface area contributed by atoms with Crippen LogP contribution in [0.5, 0.6) is 11.5 Å². The molecule has 0 radical (unpaired) electrons. The molecule has 0 bridgehead atoms. The van der Waals surface area contributed by atoms with E-state index in [4.69, 9.17) is 14.9 Å². The largest absolute Gasteiger partial charge is 0.493 e. The summed E-state index contributed by atoms with van der Waals surface area (Å²) >= 11 is 0. The van der Waals surface area contributed by atoms with Gasteiger partial charge in [0.25, 0.3) is 0 Å². The van der Waals surface area contributed by atoms with E-state index in [9.17, 15) is 0 Å². The van der Waals surface area contributed by atoms with Gasteiger partial charge in [-0.1, -0.05) is 19.6 Å². The fourth-order valence-electron chi connectivity index (χ4n) is 4.81. The molecule has 1 unspecified atom stereocenters. The zero-order chi connectivity index (χ0) is 21.6. The Balaban J connectivity index is 0.000000289. The monoisotopic (exact) mass is 426 g/mol. The van der Waals surface area contributed by atoms with Gasteiger partial charge in [0, 0.05) is 42.5 Å². The van der Waals surface area contributed by atoms with Gasteiger partial charge in [0.1, 0.15) is 0 Å². The number of likely N-dealkylation sites (N-methyl/N-ethyl adjacent to an activating group) is 1. The van der Waals surface area contributed by atoms with Crippen LogP contribution < -0.4 is 14.8 Å². The van der Waals surface area contributed by atoms with E-state index >= 15 is 0 Å². The number of fused-ring (bicyclic) bond motifs is 1. The van der Waals surface area contributed by atoms with Crippen LogP contribution in [0.25, 0.3) is 0 Å². The van der Waals surface area contributed by atoms with Crippen molar-refractivity contribution in [2.75, 3.05) is 34.9 Å². The number of hydrogen-bond donors (Lipinski definition) is 2. The molecule has 1 aromatic carbocycles. The Morgan fingerprint density at radius 3 is 2.61 bits per heavy atom. The third-order valence-corrected chi connectivity index (χ3v) is 6.46. The Labute approximate surface area is 187 Å². The molecule has 6 nitrogen and oxygen atoms in total. The van der Waals surface area contributed by atoms with E-state index in [1.165, 1.54) is 11.1 Å². The molecule has 170 valence electrons. The number of hydrogen-bond acceptors (Lipinski definition) is 6. The van der Waals surface area contributed by atoms with E-state index in [2.05, 4.69) is 34.4 Å². The van der Waals surface area contributed by atoms with Gasteiger partial charge in [0.15, 0.2) is 11.5 Å². The summed E-state index contributed by atoms with van der Waals surface area (Å²) in [5.74, 6) is 1.59. The first kappa shape index (κ1) is 24.8. The van der Waals surface area contributed by atoms with E-state index in [0.717, 1.165) is 56.0 Å². The van der Waals surface area contributed by atoms with Crippen LogP contribution in [0.3, 0.4) is 0 Å². The first-order valence-corrected chi connectivity index (χ1v) is 10.6. The molecule has 1 aliphatic carbocycles. The lowest BCUT2D eigenvalue weighted by Crippen LogP contribution is -2.46. The maximum atomic E-state index is 8.05. The first-order valence-electron chi connectivity index (χ1n) is 10.6. The van der Waals surface area contributed by atoms with Crippen LogP contribution in [-0.4, -0.2) is 56.5 Å². The van der Waals surface area contributed by atoms with Crippen molar-refractivity contribution >= 4 is 5.71 Å². The maximum absolute atomic E-state index is 8.05. The summed E-state index contributed by atoms with van der Waals surface area (Å²) in [6, 6.07) is 10.8. The fraction of sp³-hybridized carbons (Fsp3) is 0.520. The van der Waals surface area contributed by atoms with Crippen LogP contribution in [0, 0.1) is 5.41 Å². The molecule has 2 N–H and O–H groups in total. The molecular formula is C25H38N4O2. The second-order valence-corrected chi connectivity index (χ2v) is 8.17. The van der Waals surface area contributed by atoms with E-state index in [1.807, 2.05) is 31.4 Å². The van der Waals surface area contributed by atoms with Gasteiger partial charge in [-0.05, 0) is 69.2 Å². The lowest BCUT2D eigenvalue weighted by Gasteiger charge is -2.42. The standard InChI is InChI=1S/C17H24N2O2.C7H10N2.CH4/c1-19-9-8-17(7-6-13(18)11-16(17)19)12-4-5-14(20-2)15(10-12)21-3;1-8-5-7-3-2-4-9-6-7;/h4-5,10,16,18H,6-9,11H2,1-3H3;2-4,6,8H,5H2,1H3;1H4/t16?,17-;;/m0../s1. The molecule has 31 heavy (non-hydrogen) atoms. The van der Waals surface area contributed by atoms with Crippen LogP contribution in [-0.2, 0) is 12.0 Å². The minimum Gasteiger partial charge on any atom is -0.493 e. The summed E-state index contributed by atoms with van der Waals surface area (Å²) in [6.45, 7) is 2.00. The zero-order valence-electron chi connectivity index (χ0n) is 18.6. The Morgan fingerprint density at radius 1 is 1.19 bits per heavy atom. The summed E-state index contributed by atoms with van der Waals surface area (Å²) in [6.07, 6.45) is 7.67. The van der Waals surface area contributed by atoms with Crippen LogP contribution in [0.1, 0.15) is 44.2 Å². The molecular weight excluding hydrogens is 388 g/mol. The molecule has 2 aromatic rings. The SMILES string of the molecule is C.CNCc1cccnc1.COc1ccc([C@@]23CCC(=N)CC2N(C)CC3)cc1OC. The number of pyridine rings is 1. The van der Waals surface area contributed by atoms with Crippen molar-refractivity contribution in [1.82, 2.24) is 15.2 Å². The Morgan fingerprint density at radius 2 is 1.97 bits per heavy atom. The molecule has 0 amide bonds. The highest BCUT2D eigenvalue weighted by atomic mass is 16.5. The van der Waals surface area contributed by atoms with Crippen molar-refractivity contribution in [2.45, 2.75) is 51.1 Å². The Kier molecular flexibility index (Phi) is 9.01. The zero-order valence-corrected chi connectivity index (χ0v) is 18.6. The minimum atomic E-state index is 0. The van der Waals surface area contributed by atoms with E-state index < -0.39 is 0 Å². The minimum absolute atomic E-state index is 0. The number of benzene rings is 1. The number of rotatable bonds is 5. The first-order chi connectivity index (χ1) is 14.5. The Bertz CT molecular complexity index is 843. The molecule has 1 saturated carbocycles. The van der Waals surface area contributed by atoms with Crippen LogP contribution in [0.4, 0.5) is 0 Å². The number of ether oxygens (including phenoxy) is 2. The van der Waals surface area contributed by atoms with Gasteiger partial charge in [0.05, 0.1) is 14.2 Å². The van der Waals surface area contributed by atoms with Crippen molar-refractivity contribution in [2.24, 2.45) is 0 Å². The van der Waals surface area contributed by atoms with Crippen LogP contribution in [0.2, 0.25) is 0 Å². The van der Waals surface area contributed by atoms with Gasteiger partial charge in [-0.15, -0.1) is 0 Å². The van der Waals surface area contributed by atoms with E-state index in [1.54, 1.807) is 20.4 Å². The molecule has 6 heteroatoms. The van der Waals surface area contributed by atoms with Gasteiger partial charge < -0.3 is 25.1 Å². The molecule has 1 aromatic heterocycles. The van der Waals surface area contributed by atoms with E-state index in [-0.39, 0.29) is 12.8 Å². The summed E-state index contributed by atoms with van der Waals surface area (Å²) in [5, 5.41) is 11.1. The van der Waals surface area contributed by atoms with E-state index in [0.29, 0.717) is 6.04 Å². The van der Waals surface area contributed by atoms with Gasteiger partial charge in [-0.2, -0.15) is 0 Å². The number of methoxy groups -OCH3 is 2. The average molecular weight is 427 g/mol. The second kappa shape index (κ2) is 11.3. The molecule has 1 aliphatic heterocycles. The average Bonchev–Trinajstić information content (AvgIpc) is 3.12. The van der Waals surface area contributed by atoms with Crippen LogP contribution >= 0.6 is 0 Å². The van der Waals surface area contributed by atoms with Gasteiger partial charge in [-0.3, -0.25) is 4.98 Å². The van der Waals surface area contributed by atoms with Crippen LogP contribution in [0.15, 0.2) is 42.7 Å². The lowest BCUT2D eigenvalue weighted by molar-refractivity contribution is 0.226. The topological polar surface area (TPSA) is 70.5 Å². The predicted octanol–water partition coefficient (Wildman–Crippen LogP) is 4.29. The van der Waals surface area contributed by atoms with Crippen molar-refractivity contribution < 1.29 is 9.47 Å². The third-order valence-electron chi connectivity index (χ3n) is 6.46. The highest BCUT2D eigenvalue weighted by Gasteiger charge is 2.49. The van der Waals surface area contributed by atoms with Crippen molar-refractivity contribution in [3.8, 4) is 11.5 Å². The molecule has 2 aliphatic rings. The maximum Gasteiger partial charge on any atom is 0.161 e. The quantitative estimate of drug-likeness (QED) is 0.746. The summed E-state index contributed by atoms with van der Waals surface area (Å²) in [4.78, 5) is 6.38. The number of nitrogens with zero attached hydrogens (tertiary/aromatic N) is 2. The summed E-state index contributed by atoms with van der Waals surface area (Å²) in [7, 11) is 7.47.